The molecule has 2 rings (SSSR count). The van der Waals surface area contributed by atoms with E-state index < -0.39 is 0 Å². The van der Waals surface area contributed by atoms with Gasteiger partial charge in [-0.3, -0.25) is 0 Å². The molecule has 0 unspecified atom stereocenters. The van der Waals surface area contributed by atoms with E-state index in [2.05, 4.69) is 13.2 Å². The first-order valence-electron chi connectivity index (χ1n) is 5.22. The molecule has 0 spiro atoms. The van der Waals surface area contributed by atoms with Gasteiger partial charge in [-0.15, -0.1) is 0 Å². The fraction of sp³-hybridized carbons (Fsp3) is 0. The maximum Gasteiger partial charge on any atom is 3.00 e. The van der Waals surface area contributed by atoms with Gasteiger partial charge < -0.3 is 16.4 Å². The van der Waals surface area contributed by atoms with E-state index in [1.807, 2.05) is 72.8 Å². The van der Waals surface area contributed by atoms with E-state index in [0.717, 1.165) is 0 Å². The van der Waals surface area contributed by atoms with Crippen LogP contribution < -0.4 is 0 Å². The average molecular weight is 368 g/mol. The molecule has 0 fully saturated rings. The molecular weight excluding hydrogens is 352 g/mol. The second-order valence-electron chi connectivity index (χ2n) is 3.23. The Morgan fingerprint density at radius 1 is 0.524 bits per heavy atom. The van der Waals surface area contributed by atoms with Gasteiger partial charge >= 0.3 is 34.1 Å². The van der Waals surface area contributed by atoms with E-state index >= 15 is 0 Å². The molecule has 2 radical (unpaired) electrons. The summed E-state index contributed by atoms with van der Waals surface area (Å²) in [5, 5.41) is 0. The van der Waals surface area contributed by atoms with Crippen LogP contribution >= 0.6 is 0 Å². The minimum absolute atomic E-state index is 0. The van der Waals surface area contributed by atoms with Gasteiger partial charge in [0.05, 0.1) is 0 Å². The van der Waals surface area contributed by atoms with Crippen LogP contribution in [0.5, 0.6) is 0 Å². The minimum Gasteiger partial charge on any atom is -2.00 e. The maximum absolute atomic E-state index is 3.63. The summed E-state index contributed by atoms with van der Waals surface area (Å²) in [6.07, 6.45) is 3.67. The van der Waals surface area contributed by atoms with Crippen molar-refractivity contribution in [2.45, 2.75) is 0 Å². The minimum atomic E-state index is 0. The van der Waals surface area contributed by atoms with Crippen LogP contribution in [0, 0.1) is 0 Å². The summed E-state index contributed by atoms with van der Waals surface area (Å²) >= 11 is 0. The third-order valence-electron chi connectivity index (χ3n) is 2.07. The van der Waals surface area contributed by atoms with Crippen LogP contribution in [-0.2, 0) is 50.6 Å². The fourth-order valence-corrected chi connectivity index (χ4v) is 1.18. The molecule has 3 nitrogen and oxygen atoms in total. The zero-order valence-corrected chi connectivity index (χ0v) is 13.5. The van der Waals surface area contributed by atoms with E-state index in [1.54, 1.807) is 0 Å². The molecule has 0 bridgehead atoms. The molecule has 5 heteroatoms. The number of benzene rings is 2. The van der Waals surface area contributed by atoms with E-state index in [1.165, 1.54) is 11.1 Å². The van der Waals surface area contributed by atoms with Gasteiger partial charge in [-0.2, -0.15) is 0 Å². The summed E-state index contributed by atoms with van der Waals surface area (Å²) < 4.78 is 0. The topological polar surface area (TPSA) is 85.5 Å². The third kappa shape index (κ3) is 15.1. The SMILES string of the molecule is C=Cc1ccccc1.C=Cc1ccccc1.[Fe+3].[Fe+3].[O-2].[O-2].[O-2]. The fourth-order valence-electron chi connectivity index (χ4n) is 1.18. The molecule has 0 saturated carbocycles. The van der Waals surface area contributed by atoms with Gasteiger partial charge in [0.25, 0.3) is 0 Å². The predicted molar refractivity (Wildman–Crippen MR) is 75.1 cm³/mol. The zero-order chi connectivity index (χ0) is 11.6. The van der Waals surface area contributed by atoms with Gasteiger partial charge in [-0.05, 0) is 11.1 Å². The summed E-state index contributed by atoms with van der Waals surface area (Å²) in [5.74, 6) is 0. The summed E-state index contributed by atoms with van der Waals surface area (Å²) in [7, 11) is 0. The second kappa shape index (κ2) is 21.1. The molecule has 114 valence electrons. The van der Waals surface area contributed by atoms with E-state index in [4.69, 9.17) is 0 Å². The van der Waals surface area contributed by atoms with Crippen LogP contribution in [0.3, 0.4) is 0 Å². The summed E-state index contributed by atoms with van der Waals surface area (Å²) in [5.41, 5.74) is 2.35. The number of hydrogen-bond donors (Lipinski definition) is 0. The molecule has 0 heterocycles. The van der Waals surface area contributed by atoms with Crippen molar-refractivity contribution in [1.29, 1.82) is 0 Å². The average Bonchev–Trinajstić information content (AvgIpc) is 2.41. The van der Waals surface area contributed by atoms with Crippen molar-refractivity contribution in [2.75, 3.05) is 0 Å². The first-order chi connectivity index (χ1) is 7.86. The Hall–Kier alpha value is -1.16. The molecule has 2 aromatic carbocycles. The Labute approximate surface area is 147 Å². The van der Waals surface area contributed by atoms with E-state index in [0.29, 0.717) is 0 Å². The molecule has 0 amide bonds. The zero-order valence-electron chi connectivity index (χ0n) is 11.3. The number of hydrogen-bond acceptors (Lipinski definition) is 0. The van der Waals surface area contributed by atoms with Crippen molar-refractivity contribution < 1.29 is 50.6 Å². The van der Waals surface area contributed by atoms with Crippen LogP contribution in [0.2, 0.25) is 0 Å². The van der Waals surface area contributed by atoms with Crippen LogP contribution in [-0.4, -0.2) is 0 Å². The van der Waals surface area contributed by atoms with Gasteiger partial charge in [0.2, 0.25) is 0 Å². The van der Waals surface area contributed by atoms with E-state index in [9.17, 15) is 0 Å². The van der Waals surface area contributed by atoms with Crippen molar-refractivity contribution in [1.82, 2.24) is 0 Å². The first-order valence-corrected chi connectivity index (χ1v) is 5.22. The van der Waals surface area contributed by atoms with Gasteiger partial charge in [0.1, 0.15) is 0 Å². The summed E-state index contributed by atoms with van der Waals surface area (Å²) in [4.78, 5) is 0. The van der Waals surface area contributed by atoms with Crippen LogP contribution in [0.25, 0.3) is 12.2 Å². The molecule has 0 atom stereocenters. The number of rotatable bonds is 2. The standard InChI is InChI=1S/2C8H8.2Fe.3O/c2*1-2-8-6-4-3-5-7-8;;;;;/h2*2-7H,1H2;;;;;/q;;2*+3;3*-2. The van der Waals surface area contributed by atoms with Gasteiger partial charge in [-0.1, -0.05) is 86.0 Å². The van der Waals surface area contributed by atoms with Crippen molar-refractivity contribution >= 4 is 12.2 Å². The Morgan fingerprint density at radius 3 is 0.905 bits per heavy atom. The largest absolute Gasteiger partial charge is 3.00 e. The smallest absolute Gasteiger partial charge is 2.00 e. The molecule has 0 aliphatic carbocycles. The Morgan fingerprint density at radius 2 is 0.762 bits per heavy atom. The second-order valence-corrected chi connectivity index (χ2v) is 3.23. The van der Waals surface area contributed by atoms with Gasteiger partial charge in [-0.25, -0.2) is 0 Å². The maximum atomic E-state index is 3.63. The van der Waals surface area contributed by atoms with Gasteiger partial charge in [0, 0.05) is 0 Å². The quantitative estimate of drug-likeness (QED) is 0.708. The van der Waals surface area contributed by atoms with Gasteiger partial charge in [0.15, 0.2) is 0 Å². The van der Waals surface area contributed by atoms with Crippen molar-refractivity contribution in [3.8, 4) is 0 Å². The Balaban J connectivity index is -0.0000000656. The molecular formula is C16H16Fe2O3. The molecule has 0 N–H and O–H groups in total. The molecule has 0 aromatic heterocycles. The van der Waals surface area contributed by atoms with Crippen molar-refractivity contribution in [3.63, 3.8) is 0 Å². The summed E-state index contributed by atoms with van der Waals surface area (Å²) in [6.45, 7) is 7.26. The first kappa shape index (κ1) is 32.0. The predicted octanol–water partition coefficient (Wildman–Crippen LogP) is 4.30. The van der Waals surface area contributed by atoms with E-state index in [-0.39, 0.29) is 50.6 Å². The van der Waals surface area contributed by atoms with Crippen LogP contribution in [0.4, 0.5) is 0 Å². The van der Waals surface area contributed by atoms with Crippen LogP contribution in [0.1, 0.15) is 11.1 Å². The monoisotopic (exact) mass is 368 g/mol. The molecule has 0 aliphatic rings. The molecule has 0 saturated heterocycles. The Bertz CT molecular complexity index is 390. The van der Waals surface area contributed by atoms with Crippen molar-refractivity contribution in [3.05, 3.63) is 84.9 Å². The van der Waals surface area contributed by atoms with Crippen molar-refractivity contribution in [2.24, 2.45) is 0 Å². The normalized spacial score (nSPS) is 6.48. The molecule has 2 aromatic rings. The molecule has 21 heavy (non-hydrogen) atoms. The summed E-state index contributed by atoms with van der Waals surface area (Å²) in [6, 6.07) is 20.1. The Kier molecular flexibility index (Phi) is 32.2. The third-order valence-corrected chi connectivity index (χ3v) is 2.07. The molecule has 0 aliphatic heterocycles. The van der Waals surface area contributed by atoms with Crippen LogP contribution in [0.15, 0.2) is 73.8 Å².